The van der Waals surface area contributed by atoms with Crippen LogP contribution in [-0.4, -0.2) is 43.9 Å². The number of H-pyrrole nitrogens is 1. The van der Waals surface area contributed by atoms with Crippen LogP contribution < -0.4 is 20.1 Å². The van der Waals surface area contributed by atoms with E-state index in [9.17, 15) is 0 Å². The smallest absolute Gasteiger partial charge is 0.191 e. The summed E-state index contributed by atoms with van der Waals surface area (Å²) in [5, 5.41) is 11.7. The summed E-state index contributed by atoms with van der Waals surface area (Å²) in [6.45, 7) is 5.52. The number of aromatic amines is 1. The zero-order chi connectivity index (χ0) is 21.5. The van der Waals surface area contributed by atoms with Gasteiger partial charge in [-0.25, -0.2) is 0 Å². The number of rotatable bonds is 9. The van der Waals surface area contributed by atoms with Gasteiger partial charge < -0.3 is 29.6 Å². The molecular formula is C22H31N5O3. The minimum Gasteiger partial charge on any atom is -0.497 e. The standard InChI is InChI=1S/C22H31N5O3/c1-14(2)19-11-17(30-27-19)13-25-22(23-3)24-8-6-7-15-9-18-20(26-15)10-16(28-4)12-21(18)29-5/h9-12,14,26H,6-8,13H2,1-5H3,(H2,23,24,25). The molecule has 2 aromatic heterocycles. The van der Waals surface area contributed by atoms with Gasteiger partial charge in [-0.05, 0) is 24.8 Å². The number of fused-ring (bicyclic) bond motifs is 1. The number of methoxy groups -OCH3 is 2. The highest BCUT2D eigenvalue weighted by molar-refractivity contribution is 5.88. The maximum absolute atomic E-state index is 5.48. The van der Waals surface area contributed by atoms with Crippen LogP contribution in [0.15, 0.2) is 33.8 Å². The molecule has 0 radical (unpaired) electrons. The summed E-state index contributed by atoms with van der Waals surface area (Å²) in [6.07, 6.45) is 1.86. The molecule has 8 nitrogen and oxygen atoms in total. The number of nitrogens with zero attached hydrogens (tertiary/aromatic N) is 2. The van der Waals surface area contributed by atoms with E-state index in [1.165, 1.54) is 0 Å². The van der Waals surface area contributed by atoms with Crippen LogP contribution in [0.5, 0.6) is 11.5 Å². The third-order valence-electron chi connectivity index (χ3n) is 4.92. The van der Waals surface area contributed by atoms with E-state index in [0.717, 1.165) is 64.9 Å². The van der Waals surface area contributed by atoms with Gasteiger partial charge in [-0.3, -0.25) is 4.99 Å². The fraction of sp³-hybridized carbons (Fsp3) is 0.455. The molecule has 0 aliphatic carbocycles. The quantitative estimate of drug-likeness (QED) is 0.282. The molecular weight excluding hydrogens is 382 g/mol. The third kappa shape index (κ3) is 5.25. The molecule has 3 aromatic rings. The van der Waals surface area contributed by atoms with Gasteiger partial charge in [-0.15, -0.1) is 0 Å². The molecule has 3 N–H and O–H groups in total. The third-order valence-corrected chi connectivity index (χ3v) is 4.92. The number of nitrogens with one attached hydrogen (secondary N) is 3. The predicted octanol–water partition coefficient (Wildman–Crippen LogP) is 3.59. The van der Waals surface area contributed by atoms with Gasteiger partial charge in [-0.1, -0.05) is 19.0 Å². The summed E-state index contributed by atoms with van der Waals surface area (Å²) in [6, 6.07) is 8.00. The van der Waals surface area contributed by atoms with E-state index in [4.69, 9.17) is 14.0 Å². The maximum atomic E-state index is 5.48. The van der Waals surface area contributed by atoms with Crippen molar-refractivity contribution < 1.29 is 14.0 Å². The first-order chi connectivity index (χ1) is 14.5. The molecule has 0 spiro atoms. The monoisotopic (exact) mass is 413 g/mol. The van der Waals surface area contributed by atoms with Gasteiger partial charge in [0.05, 0.1) is 32.0 Å². The summed E-state index contributed by atoms with van der Waals surface area (Å²) in [5.41, 5.74) is 3.13. The molecule has 0 amide bonds. The molecule has 0 saturated carbocycles. The van der Waals surface area contributed by atoms with Crippen molar-refractivity contribution in [3.8, 4) is 11.5 Å². The van der Waals surface area contributed by atoms with Crippen LogP contribution in [0.3, 0.4) is 0 Å². The molecule has 0 saturated heterocycles. The van der Waals surface area contributed by atoms with Crippen molar-refractivity contribution in [1.82, 2.24) is 20.8 Å². The first-order valence-corrected chi connectivity index (χ1v) is 10.2. The van der Waals surface area contributed by atoms with E-state index in [2.05, 4.69) is 45.7 Å². The number of hydrogen-bond acceptors (Lipinski definition) is 5. The number of aryl methyl sites for hydroxylation is 1. The molecule has 0 aliphatic rings. The minimum atomic E-state index is 0.352. The summed E-state index contributed by atoms with van der Waals surface area (Å²) < 4.78 is 16.2. The lowest BCUT2D eigenvalue weighted by atomic mass is 10.1. The second-order valence-corrected chi connectivity index (χ2v) is 7.41. The Hall–Kier alpha value is -3.16. The van der Waals surface area contributed by atoms with Crippen molar-refractivity contribution >= 4 is 16.9 Å². The van der Waals surface area contributed by atoms with E-state index in [1.807, 2.05) is 18.2 Å². The molecule has 2 heterocycles. The molecule has 0 bridgehead atoms. The Balaban J connectivity index is 1.48. The normalized spacial score (nSPS) is 11.9. The van der Waals surface area contributed by atoms with E-state index >= 15 is 0 Å². The predicted molar refractivity (Wildman–Crippen MR) is 119 cm³/mol. The number of hydrogen-bond donors (Lipinski definition) is 3. The molecule has 162 valence electrons. The van der Waals surface area contributed by atoms with Crippen molar-refractivity contribution in [3.05, 3.63) is 41.4 Å². The fourth-order valence-corrected chi connectivity index (χ4v) is 3.22. The Morgan fingerprint density at radius 3 is 2.67 bits per heavy atom. The molecule has 0 fully saturated rings. The van der Waals surface area contributed by atoms with Gasteiger partial charge in [0.15, 0.2) is 11.7 Å². The maximum Gasteiger partial charge on any atom is 0.191 e. The number of aromatic nitrogens is 2. The minimum absolute atomic E-state index is 0.352. The number of ether oxygens (including phenoxy) is 2. The second-order valence-electron chi connectivity index (χ2n) is 7.41. The van der Waals surface area contributed by atoms with Crippen LogP contribution in [0.4, 0.5) is 0 Å². The lowest BCUT2D eigenvalue weighted by molar-refractivity contribution is 0.372. The van der Waals surface area contributed by atoms with Crippen LogP contribution in [0.25, 0.3) is 10.9 Å². The zero-order valence-corrected chi connectivity index (χ0v) is 18.3. The van der Waals surface area contributed by atoms with Crippen molar-refractivity contribution in [2.24, 2.45) is 4.99 Å². The van der Waals surface area contributed by atoms with E-state index in [-0.39, 0.29) is 0 Å². The van der Waals surface area contributed by atoms with Crippen LogP contribution in [0.2, 0.25) is 0 Å². The summed E-state index contributed by atoms with van der Waals surface area (Å²) >= 11 is 0. The average molecular weight is 414 g/mol. The van der Waals surface area contributed by atoms with Crippen LogP contribution in [0, 0.1) is 0 Å². The van der Waals surface area contributed by atoms with Gasteiger partial charge in [0.2, 0.25) is 0 Å². The summed E-state index contributed by atoms with van der Waals surface area (Å²) in [4.78, 5) is 7.71. The second kappa shape index (κ2) is 10.0. The zero-order valence-electron chi connectivity index (χ0n) is 18.3. The van der Waals surface area contributed by atoms with Gasteiger partial charge in [-0.2, -0.15) is 0 Å². The van der Waals surface area contributed by atoms with E-state index in [1.54, 1.807) is 21.3 Å². The Morgan fingerprint density at radius 2 is 2.00 bits per heavy atom. The number of guanidine groups is 1. The van der Waals surface area contributed by atoms with Crippen molar-refractivity contribution in [2.45, 2.75) is 39.2 Å². The molecule has 0 unspecified atom stereocenters. The first kappa shape index (κ1) is 21.5. The molecule has 3 rings (SSSR count). The van der Waals surface area contributed by atoms with Crippen LogP contribution in [0.1, 0.15) is 43.3 Å². The Kier molecular flexibility index (Phi) is 7.21. The van der Waals surface area contributed by atoms with Crippen molar-refractivity contribution in [2.75, 3.05) is 27.8 Å². The number of benzene rings is 1. The van der Waals surface area contributed by atoms with Crippen LogP contribution in [-0.2, 0) is 13.0 Å². The van der Waals surface area contributed by atoms with Gasteiger partial charge in [0.25, 0.3) is 0 Å². The van der Waals surface area contributed by atoms with E-state index in [0.29, 0.717) is 12.5 Å². The summed E-state index contributed by atoms with van der Waals surface area (Å²) in [5.74, 6) is 3.47. The molecule has 0 atom stereocenters. The molecule has 1 aromatic carbocycles. The van der Waals surface area contributed by atoms with Gasteiger partial charge in [0, 0.05) is 42.9 Å². The Morgan fingerprint density at radius 1 is 1.17 bits per heavy atom. The Bertz CT molecular complexity index is 990. The molecule has 8 heteroatoms. The highest BCUT2D eigenvalue weighted by Gasteiger charge is 2.10. The largest absolute Gasteiger partial charge is 0.497 e. The Labute approximate surface area is 177 Å². The topological polar surface area (TPSA) is 96.7 Å². The highest BCUT2D eigenvalue weighted by Crippen LogP contribution is 2.31. The SMILES string of the molecule is CN=C(NCCCc1cc2c(OC)cc(OC)cc2[nH]1)NCc1cc(C(C)C)no1. The average Bonchev–Trinajstić information content (AvgIpc) is 3.39. The number of aliphatic imine (C=N–C) groups is 1. The first-order valence-electron chi connectivity index (χ1n) is 10.2. The van der Waals surface area contributed by atoms with Gasteiger partial charge >= 0.3 is 0 Å². The molecule has 0 aliphatic heterocycles. The van der Waals surface area contributed by atoms with Crippen molar-refractivity contribution in [1.29, 1.82) is 0 Å². The summed E-state index contributed by atoms with van der Waals surface area (Å²) in [7, 11) is 5.08. The fourth-order valence-electron chi connectivity index (χ4n) is 3.22. The van der Waals surface area contributed by atoms with E-state index < -0.39 is 0 Å². The molecule has 30 heavy (non-hydrogen) atoms. The van der Waals surface area contributed by atoms with Crippen molar-refractivity contribution in [3.63, 3.8) is 0 Å². The lowest BCUT2D eigenvalue weighted by Gasteiger charge is -2.10. The van der Waals surface area contributed by atoms with Gasteiger partial charge in [0.1, 0.15) is 11.5 Å². The highest BCUT2D eigenvalue weighted by atomic mass is 16.5. The van der Waals surface area contributed by atoms with Crippen LogP contribution >= 0.6 is 0 Å². The lowest BCUT2D eigenvalue weighted by Crippen LogP contribution is -2.37.